The number of hydrogen-bond donors (Lipinski definition) is 1. The first-order valence-corrected chi connectivity index (χ1v) is 6.12. The Morgan fingerprint density at radius 2 is 2.24 bits per heavy atom. The Balaban J connectivity index is 2.08. The first-order chi connectivity index (χ1) is 8.19. The minimum atomic E-state index is -0.500. The van der Waals surface area contributed by atoms with Gasteiger partial charge in [0.1, 0.15) is 0 Å². The highest BCUT2D eigenvalue weighted by Gasteiger charge is 2.08. The molecule has 17 heavy (non-hydrogen) atoms. The Bertz CT molecular complexity index is 484. The van der Waals surface area contributed by atoms with E-state index in [1.54, 1.807) is 19.2 Å². The van der Waals surface area contributed by atoms with Crippen molar-refractivity contribution in [1.29, 1.82) is 0 Å². The summed E-state index contributed by atoms with van der Waals surface area (Å²) < 4.78 is 5.25. The zero-order valence-corrected chi connectivity index (χ0v) is 10.4. The maximum atomic E-state index is 9.60. The standard InChI is InChI=1S/C11H13N3O2S/c1-3-10(15)9-5-4-8(6-12-9)17-11-14-13-7(2)16-11/h4-6,10,15H,3H2,1-2H3. The molecule has 2 rings (SSSR count). The van der Waals surface area contributed by atoms with Crippen LogP contribution >= 0.6 is 11.8 Å². The molecule has 1 unspecified atom stereocenters. The van der Waals surface area contributed by atoms with Gasteiger partial charge in [0.2, 0.25) is 5.89 Å². The summed E-state index contributed by atoms with van der Waals surface area (Å²) in [6, 6.07) is 3.69. The highest BCUT2D eigenvalue weighted by Crippen LogP contribution is 2.26. The van der Waals surface area contributed by atoms with Crippen LogP contribution < -0.4 is 0 Å². The van der Waals surface area contributed by atoms with Crippen molar-refractivity contribution >= 4 is 11.8 Å². The predicted molar refractivity (Wildman–Crippen MR) is 62.6 cm³/mol. The lowest BCUT2D eigenvalue weighted by atomic mass is 10.2. The second-order valence-corrected chi connectivity index (χ2v) is 4.56. The lowest BCUT2D eigenvalue weighted by molar-refractivity contribution is 0.169. The van der Waals surface area contributed by atoms with Crippen LogP contribution in [0.2, 0.25) is 0 Å². The molecule has 1 atom stereocenters. The van der Waals surface area contributed by atoms with Crippen LogP contribution in [-0.4, -0.2) is 20.3 Å². The average molecular weight is 251 g/mol. The molecule has 2 aromatic rings. The Morgan fingerprint density at radius 1 is 1.41 bits per heavy atom. The third-order valence-electron chi connectivity index (χ3n) is 2.20. The second-order valence-electron chi connectivity index (χ2n) is 3.53. The lowest BCUT2D eigenvalue weighted by Gasteiger charge is -2.06. The molecular weight excluding hydrogens is 238 g/mol. The van der Waals surface area contributed by atoms with Gasteiger partial charge < -0.3 is 9.52 Å². The van der Waals surface area contributed by atoms with E-state index in [4.69, 9.17) is 4.42 Å². The maximum absolute atomic E-state index is 9.60. The molecule has 0 aromatic carbocycles. The van der Waals surface area contributed by atoms with E-state index in [2.05, 4.69) is 15.2 Å². The SMILES string of the molecule is CCC(O)c1ccc(Sc2nnc(C)o2)cn1. The van der Waals surface area contributed by atoms with Crippen LogP contribution in [0.25, 0.3) is 0 Å². The highest BCUT2D eigenvalue weighted by molar-refractivity contribution is 7.99. The highest BCUT2D eigenvalue weighted by atomic mass is 32.2. The molecule has 2 aromatic heterocycles. The number of hydrogen-bond acceptors (Lipinski definition) is 6. The zero-order chi connectivity index (χ0) is 12.3. The number of pyridine rings is 1. The molecule has 2 heterocycles. The monoisotopic (exact) mass is 251 g/mol. The number of nitrogens with zero attached hydrogens (tertiary/aromatic N) is 3. The molecule has 0 aliphatic rings. The van der Waals surface area contributed by atoms with E-state index in [1.165, 1.54) is 11.8 Å². The molecular formula is C11H13N3O2S. The van der Waals surface area contributed by atoms with Gasteiger partial charge in [-0.15, -0.1) is 10.2 Å². The number of aliphatic hydroxyl groups is 1. The fourth-order valence-corrected chi connectivity index (χ4v) is 1.97. The van der Waals surface area contributed by atoms with Gasteiger partial charge >= 0.3 is 0 Å². The van der Waals surface area contributed by atoms with E-state index in [0.717, 1.165) is 4.90 Å². The number of aryl methyl sites for hydroxylation is 1. The van der Waals surface area contributed by atoms with Crippen molar-refractivity contribution < 1.29 is 9.52 Å². The summed E-state index contributed by atoms with van der Waals surface area (Å²) in [6.07, 6.45) is 1.85. The Kier molecular flexibility index (Phi) is 3.75. The normalized spacial score (nSPS) is 12.6. The predicted octanol–water partition coefficient (Wildman–Crippen LogP) is 2.37. The average Bonchev–Trinajstić information content (AvgIpc) is 2.75. The van der Waals surface area contributed by atoms with Gasteiger partial charge in [-0.25, -0.2) is 0 Å². The first-order valence-electron chi connectivity index (χ1n) is 5.31. The number of aromatic nitrogens is 3. The zero-order valence-electron chi connectivity index (χ0n) is 9.62. The van der Waals surface area contributed by atoms with Gasteiger partial charge in [0.05, 0.1) is 11.8 Å². The van der Waals surface area contributed by atoms with Crippen molar-refractivity contribution in [3.8, 4) is 0 Å². The van der Waals surface area contributed by atoms with Gasteiger partial charge in [0.15, 0.2) is 0 Å². The first kappa shape index (κ1) is 12.1. The summed E-state index contributed by atoms with van der Waals surface area (Å²) in [5.74, 6) is 0.540. The van der Waals surface area contributed by atoms with Crippen LogP contribution in [0, 0.1) is 6.92 Å². The van der Waals surface area contributed by atoms with E-state index in [0.29, 0.717) is 23.2 Å². The van der Waals surface area contributed by atoms with Gasteiger partial charge in [0, 0.05) is 18.0 Å². The molecule has 0 aliphatic carbocycles. The molecule has 0 spiro atoms. The van der Waals surface area contributed by atoms with Gasteiger partial charge in [-0.05, 0) is 30.3 Å². The molecule has 0 saturated heterocycles. The minimum absolute atomic E-state index is 0.494. The van der Waals surface area contributed by atoms with Crippen LogP contribution in [0.15, 0.2) is 32.9 Å². The quantitative estimate of drug-likeness (QED) is 0.899. The summed E-state index contributed by atoms with van der Waals surface area (Å²) in [4.78, 5) is 5.10. The van der Waals surface area contributed by atoms with Crippen LogP contribution in [0.1, 0.15) is 31.0 Å². The molecule has 0 amide bonds. The minimum Gasteiger partial charge on any atom is -0.416 e. The van der Waals surface area contributed by atoms with Gasteiger partial charge in [-0.2, -0.15) is 0 Å². The fourth-order valence-electron chi connectivity index (χ4n) is 1.28. The molecule has 0 radical (unpaired) electrons. The van der Waals surface area contributed by atoms with E-state index in [9.17, 15) is 5.11 Å². The molecule has 0 aliphatic heterocycles. The van der Waals surface area contributed by atoms with Gasteiger partial charge in [0.25, 0.3) is 5.22 Å². The molecule has 0 fully saturated rings. The summed E-state index contributed by atoms with van der Waals surface area (Å²) in [5.41, 5.74) is 0.679. The van der Waals surface area contributed by atoms with E-state index < -0.39 is 6.10 Å². The second kappa shape index (κ2) is 5.29. The largest absolute Gasteiger partial charge is 0.416 e. The van der Waals surface area contributed by atoms with E-state index >= 15 is 0 Å². The molecule has 90 valence electrons. The van der Waals surface area contributed by atoms with Crippen LogP contribution in [0.3, 0.4) is 0 Å². The van der Waals surface area contributed by atoms with Crippen molar-refractivity contribution in [2.45, 2.75) is 36.5 Å². The topological polar surface area (TPSA) is 72.0 Å². The molecule has 6 heteroatoms. The summed E-state index contributed by atoms with van der Waals surface area (Å²) >= 11 is 1.35. The number of rotatable bonds is 4. The lowest BCUT2D eigenvalue weighted by Crippen LogP contribution is -1.97. The van der Waals surface area contributed by atoms with Crippen molar-refractivity contribution in [2.24, 2.45) is 0 Å². The van der Waals surface area contributed by atoms with Crippen LogP contribution in [0.4, 0.5) is 0 Å². The Labute approximate surface area is 103 Å². The van der Waals surface area contributed by atoms with Crippen LogP contribution in [0.5, 0.6) is 0 Å². The van der Waals surface area contributed by atoms with Gasteiger partial charge in [-0.1, -0.05) is 6.92 Å². The van der Waals surface area contributed by atoms with Crippen LogP contribution in [-0.2, 0) is 0 Å². The summed E-state index contributed by atoms with van der Waals surface area (Å²) in [6.45, 7) is 3.66. The smallest absolute Gasteiger partial charge is 0.281 e. The molecule has 1 N–H and O–H groups in total. The van der Waals surface area contributed by atoms with Crippen molar-refractivity contribution in [2.75, 3.05) is 0 Å². The molecule has 5 nitrogen and oxygen atoms in total. The third kappa shape index (κ3) is 3.04. The van der Waals surface area contributed by atoms with E-state index in [1.807, 2.05) is 13.0 Å². The summed E-state index contributed by atoms with van der Waals surface area (Å²) in [7, 11) is 0. The molecule has 0 bridgehead atoms. The number of aliphatic hydroxyl groups excluding tert-OH is 1. The van der Waals surface area contributed by atoms with Crippen molar-refractivity contribution in [1.82, 2.24) is 15.2 Å². The Morgan fingerprint density at radius 3 is 2.76 bits per heavy atom. The third-order valence-corrected chi connectivity index (χ3v) is 3.02. The van der Waals surface area contributed by atoms with E-state index in [-0.39, 0.29) is 0 Å². The van der Waals surface area contributed by atoms with Crippen molar-refractivity contribution in [3.05, 3.63) is 29.9 Å². The maximum Gasteiger partial charge on any atom is 0.281 e. The summed E-state index contributed by atoms with van der Waals surface area (Å²) in [5, 5.41) is 17.7. The fraction of sp³-hybridized carbons (Fsp3) is 0.364. The van der Waals surface area contributed by atoms with Crippen molar-refractivity contribution in [3.63, 3.8) is 0 Å². The van der Waals surface area contributed by atoms with Gasteiger partial charge in [-0.3, -0.25) is 4.98 Å². The molecule has 0 saturated carbocycles. The Hall–Kier alpha value is -1.40.